The molecular weight excluding hydrogens is 716 g/mol. The molecule has 0 saturated carbocycles. The van der Waals surface area contributed by atoms with Crippen LogP contribution in [0.4, 0.5) is 0 Å². The average molecular weight is 780 g/mol. The smallest absolute Gasteiger partial charge is 0.748 e. The molecule has 0 aromatic carbocycles. The van der Waals surface area contributed by atoms with Gasteiger partial charge in [0, 0.05) is 57.9 Å². The summed E-state index contributed by atoms with van der Waals surface area (Å²) in [5.41, 5.74) is 0. The van der Waals surface area contributed by atoms with Gasteiger partial charge in [-0.3, -0.25) is 4.79 Å². The second-order valence-corrected chi connectivity index (χ2v) is 14.8. The Kier molecular flexibility index (Phi) is 41.0. The zero-order valence-corrected chi connectivity index (χ0v) is 37.2. The monoisotopic (exact) mass is 779 g/mol. The van der Waals surface area contributed by atoms with Crippen molar-refractivity contribution in [2.45, 2.75) is 123 Å². The summed E-state index contributed by atoms with van der Waals surface area (Å²) >= 11 is 0. The van der Waals surface area contributed by atoms with Gasteiger partial charge in [0.25, 0.3) is 0 Å². The van der Waals surface area contributed by atoms with Crippen LogP contribution >= 0.6 is 0 Å². The molecule has 0 rings (SSSR count). The minimum atomic E-state index is -4.31. The van der Waals surface area contributed by atoms with Gasteiger partial charge in [-0.25, -0.2) is 16.8 Å². The van der Waals surface area contributed by atoms with E-state index < -0.39 is 44.3 Å². The summed E-state index contributed by atoms with van der Waals surface area (Å²) in [7, 11) is -8.61. The predicted octanol–water partition coefficient (Wildman–Crippen LogP) is -1.81. The van der Waals surface area contributed by atoms with Gasteiger partial charge in [-0.05, 0) is 25.7 Å². The molecule has 0 aliphatic heterocycles. The third-order valence-electron chi connectivity index (χ3n) is 7.25. The van der Waals surface area contributed by atoms with E-state index in [1.165, 1.54) is 45.4 Å². The Bertz CT molecular complexity index is 909. The predicted molar refractivity (Wildman–Crippen MR) is 180 cm³/mol. The fourth-order valence-corrected chi connectivity index (χ4v) is 5.48. The number of nitrogens with zero attached hydrogens (tertiary/aromatic N) is 1. The van der Waals surface area contributed by atoms with E-state index in [1.807, 2.05) is 0 Å². The molecular formula is C32H63NNa2O13S2. The Balaban J connectivity index is -0.0000110. The van der Waals surface area contributed by atoms with Crippen molar-refractivity contribution >= 4 is 26.1 Å². The minimum Gasteiger partial charge on any atom is -0.748 e. The van der Waals surface area contributed by atoms with E-state index in [1.54, 1.807) is 4.90 Å². The first-order chi connectivity index (χ1) is 22.9. The molecule has 2 unspecified atom stereocenters. The molecule has 0 aromatic heterocycles. The molecule has 0 heterocycles. The van der Waals surface area contributed by atoms with Crippen LogP contribution in [0.25, 0.3) is 0 Å². The van der Waals surface area contributed by atoms with E-state index in [2.05, 4.69) is 13.8 Å². The molecule has 50 heavy (non-hydrogen) atoms. The number of amides is 1. The summed E-state index contributed by atoms with van der Waals surface area (Å²) in [6.45, 7) is 7.78. The van der Waals surface area contributed by atoms with Crippen molar-refractivity contribution in [2.75, 3.05) is 77.5 Å². The minimum absolute atomic E-state index is 0. The first-order valence-corrected chi connectivity index (χ1v) is 20.8. The van der Waals surface area contributed by atoms with Crippen LogP contribution < -0.4 is 59.1 Å². The summed E-state index contributed by atoms with van der Waals surface area (Å²) in [6.07, 6.45) is 11.9. The maximum Gasteiger partial charge on any atom is 1.00 e. The number of ether oxygens (including phenoxy) is 6. The second-order valence-electron chi connectivity index (χ2n) is 11.8. The summed E-state index contributed by atoms with van der Waals surface area (Å²) < 4.78 is 99.4. The molecule has 0 saturated heterocycles. The number of carbonyl (C=O) groups is 1. The van der Waals surface area contributed by atoms with E-state index in [9.17, 15) is 30.7 Å². The van der Waals surface area contributed by atoms with Gasteiger partial charge in [-0.2, -0.15) is 0 Å². The molecule has 0 radical (unpaired) electrons. The number of hydrogen-bond donors (Lipinski definition) is 0. The topological polar surface area (TPSA) is 190 Å². The van der Waals surface area contributed by atoms with Gasteiger partial charge in [-0.15, -0.1) is 0 Å². The Morgan fingerprint density at radius 3 is 1.22 bits per heavy atom. The van der Waals surface area contributed by atoms with Gasteiger partial charge in [0.05, 0.1) is 46.7 Å². The Labute approximate surface area is 347 Å². The van der Waals surface area contributed by atoms with E-state index in [0.29, 0.717) is 13.2 Å². The van der Waals surface area contributed by atoms with Crippen LogP contribution in [-0.4, -0.2) is 127 Å². The van der Waals surface area contributed by atoms with Gasteiger partial charge < -0.3 is 42.4 Å². The first kappa shape index (κ1) is 55.4. The molecule has 0 bridgehead atoms. The van der Waals surface area contributed by atoms with E-state index in [4.69, 9.17) is 28.4 Å². The van der Waals surface area contributed by atoms with E-state index in [-0.39, 0.29) is 131 Å². The third kappa shape index (κ3) is 40.2. The Morgan fingerprint density at radius 2 is 0.880 bits per heavy atom. The van der Waals surface area contributed by atoms with Crippen LogP contribution in [0.15, 0.2) is 0 Å². The van der Waals surface area contributed by atoms with Gasteiger partial charge >= 0.3 is 59.1 Å². The quantitative estimate of drug-likeness (QED) is 0.0300. The van der Waals surface area contributed by atoms with Crippen molar-refractivity contribution in [3.05, 3.63) is 0 Å². The van der Waals surface area contributed by atoms with Gasteiger partial charge in [0.15, 0.2) is 12.6 Å². The summed E-state index contributed by atoms with van der Waals surface area (Å²) in [4.78, 5) is 13.9. The summed E-state index contributed by atoms with van der Waals surface area (Å²) in [6, 6.07) is 0. The van der Waals surface area contributed by atoms with E-state index >= 15 is 0 Å². The maximum atomic E-state index is 12.3. The normalized spacial score (nSPS) is 13.0. The second kappa shape index (κ2) is 37.0. The molecule has 0 aliphatic carbocycles. The first-order valence-electron chi connectivity index (χ1n) is 17.6. The molecule has 2 atom stereocenters. The fraction of sp³-hybridized carbons (Fsp3) is 0.969. The van der Waals surface area contributed by atoms with Crippen LogP contribution in [-0.2, 0) is 53.5 Å². The molecule has 288 valence electrons. The molecule has 0 aromatic rings. The van der Waals surface area contributed by atoms with Crippen molar-refractivity contribution in [3.8, 4) is 0 Å². The van der Waals surface area contributed by atoms with Crippen LogP contribution in [0, 0.1) is 0 Å². The molecule has 18 heteroatoms. The van der Waals surface area contributed by atoms with Gasteiger partial charge in [-0.1, -0.05) is 78.1 Å². The zero-order valence-electron chi connectivity index (χ0n) is 31.6. The maximum absolute atomic E-state index is 12.3. The van der Waals surface area contributed by atoms with Crippen LogP contribution in [0.1, 0.15) is 111 Å². The van der Waals surface area contributed by atoms with Crippen molar-refractivity contribution in [1.82, 2.24) is 4.90 Å². The summed E-state index contributed by atoms with van der Waals surface area (Å²) in [5, 5.41) is 0. The molecule has 0 N–H and O–H groups in total. The van der Waals surface area contributed by atoms with Crippen LogP contribution in [0.5, 0.6) is 0 Å². The number of rotatable bonds is 36. The molecule has 14 nitrogen and oxygen atoms in total. The molecule has 0 spiro atoms. The number of hydrogen-bond acceptors (Lipinski definition) is 13. The fourth-order valence-electron chi connectivity index (χ4n) is 4.53. The molecule has 0 aliphatic rings. The van der Waals surface area contributed by atoms with Gasteiger partial charge in [0.2, 0.25) is 5.91 Å². The molecule has 1 amide bonds. The Hall–Kier alpha value is 1.05. The zero-order chi connectivity index (χ0) is 35.9. The van der Waals surface area contributed by atoms with Crippen LogP contribution in [0.2, 0.25) is 0 Å². The molecule has 0 fully saturated rings. The van der Waals surface area contributed by atoms with Crippen LogP contribution in [0.3, 0.4) is 0 Å². The number of unbranched alkanes of at least 4 members (excludes halogenated alkanes) is 10. The average Bonchev–Trinajstić information content (AvgIpc) is 3.00. The number of carbonyl (C=O) groups excluding carboxylic acids is 1. The van der Waals surface area contributed by atoms with Crippen molar-refractivity contribution in [2.24, 2.45) is 0 Å². The SMILES string of the molecule is CCCCCCCCOC(COCCCS(=O)(=O)[O-])OCCN(CCOC(COCCCS(=O)(=O)[O-])OCCCCCCCC)C(C)=O.[Na+].[Na+]. The standard InChI is InChI=1S/C32H65NO13S2.2Na/c1-4-6-8-10-12-14-22-43-31(28-41-20-16-26-47(35,36)37)45-24-18-33(30(3)34)19-25-46-32(29-42-21-17-27-48(38,39)40)44-23-15-13-11-9-7-5-2;;/h31-32H,4-29H2,1-3H3,(H,35,36,37)(H,38,39,40);;/q;2*+1/p-2. The Morgan fingerprint density at radius 1 is 0.540 bits per heavy atom. The van der Waals surface area contributed by atoms with Crippen molar-refractivity contribution in [1.29, 1.82) is 0 Å². The van der Waals surface area contributed by atoms with E-state index in [0.717, 1.165) is 38.5 Å². The summed E-state index contributed by atoms with van der Waals surface area (Å²) in [5.74, 6) is -1.19. The van der Waals surface area contributed by atoms with Crippen molar-refractivity contribution < 1.29 is 118 Å². The largest absolute Gasteiger partial charge is 1.00 e. The van der Waals surface area contributed by atoms with Crippen molar-refractivity contribution in [3.63, 3.8) is 0 Å². The third-order valence-corrected chi connectivity index (χ3v) is 8.83. The van der Waals surface area contributed by atoms with Gasteiger partial charge in [0.1, 0.15) is 0 Å².